The Morgan fingerprint density at radius 3 is 1.69 bits per heavy atom. The highest BCUT2D eigenvalue weighted by Gasteiger charge is 2.16. The number of carboxylic acids is 1. The summed E-state index contributed by atoms with van der Waals surface area (Å²) in [4.78, 5) is 10.9. The molecular formula is C24H46O2. The number of hydrogen-bond acceptors (Lipinski definition) is 1. The zero-order chi connectivity index (χ0) is 19.5. The molecule has 0 amide bonds. The van der Waals surface area contributed by atoms with E-state index in [0.717, 1.165) is 6.42 Å². The van der Waals surface area contributed by atoms with E-state index in [1.165, 1.54) is 89.9 Å². The highest BCUT2D eigenvalue weighted by atomic mass is 16.4. The molecule has 0 aromatic heterocycles. The van der Waals surface area contributed by atoms with Gasteiger partial charge in [0.1, 0.15) is 0 Å². The molecular weight excluding hydrogens is 320 g/mol. The summed E-state index contributed by atoms with van der Waals surface area (Å²) >= 11 is 0. The maximum absolute atomic E-state index is 10.9. The molecule has 0 rings (SSSR count). The second-order valence-corrected chi connectivity index (χ2v) is 8.33. The summed E-state index contributed by atoms with van der Waals surface area (Å²) in [7, 11) is 0. The van der Waals surface area contributed by atoms with E-state index in [9.17, 15) is 4.79 Å². The van der Waals surface area contributed by atoms with Gasteiger partial charge in [-0.05, 0) is 43.9 Å². The van der Waals surface area contributed by atoms with Gasteiger partial charge in [0.15, 0.2) is 0 Å². The maximum Gasteiger partial charge on any atom is 0.303 e. The van der Waals surface area contributed by atoms with E-state index in [2.05, 4.69) is 32.9 Å². The summed E-state index contributed by atoms with van der Waals surface area (Å²) in [5.41, 5.74) is 0. The fourth-order valence-corrected chi connectivity index (χ4v) is 3.55. The Bertz CT molecular complexity index is 333. The largest absolute Gasteiger partial charge is 0.481 e. The summed E-state index contributed by atoms with van der Waals surface area (Å²) in [6.07, 6.45) is 24.7. The van der Waals surface area contributed by atoms with Crippen molar-refractivity contribution in [3.05, 3.63) is 12.2 Å². The highest BCUT2D eigenvalue weighted by Crippen LogP contribution is 2.22. The molecule has 2 nitrogen and oxygen atoms in total. The standard InChI is InChI=1S/C24H46O2/c1-4-5-6-7-8-9-10-11-12-13-14-15-16-17-18-19-20-23(22(2)3)21-24(25)26/h11-12,22-23H,4-10,13-21H2,1-3H3,(H,25,26). The zero-order valence-corrected chi connectivity index (χ0v) is 18.0. The Morgan fingerprint density at radius 2 is 1.23 bits per heavy atom. The first-order valence-electron chi connectivity index (χ1n) is 11.4. The molecule has 154 valence electrons. The van der Waals surface area contributed by atoms with Crippen LogP contribution in [-0.4, -0.2) is 11.1 Å². The lowest BCUT2D eigenvalue weighted by Crippen LogP contribution is -2.13. The van der Waals surface area contributed by atoms with Gasteiger partial charge in [-0.2, -0.15) is 0 Å². The van der Waals surface area contributed by atoms with Crippen molar-refractivity contribution in [2.75, 3.05) is 0 Å². The van der Waals surface area contributed by atoms with Crippen LogP contribution in [0.5, 0.6) is 0 Å². The molecule has 1 unspecified atom stereocenters. The fourth-order valence-electron chi connectivity index (χ4n) is 3.55. The predicted molar refractivity (Wildman–Crippen MR) is 115 cm³/mol. The Labute approximate surface area is 163 Å². The monoisotopic (exact) mass is 366 g/mol. The Balaban J connectivity index is 3.35. The van der Waals surface area contributed by atoms with Crippen LogP contribution in [0.1, 0.15) is 124 Å². The molecule has 0 aliphatic carbocycles. The molecule has 0 aliphatic rings. The van der Waals surface area contributed by atoms with Gasteiger partial charge in [-0.15, -0.1) is 0 Å². The number of hydrogen-bond donors (Lipinski definition) is 1. The molecule has 1 N–H and O–H groups in total. The van der Waals surface area contributed by atoms with Gasteiger partial charge < -0.3 is 5.11 Å². The van der Waals surface area contributed by atoms with Crippen molar-refractivity contribution in [3.8, 4) is 0 Å². The summed E-state index contributed by atoms with van der Waals surface area (Å²) in [5, 5.41) is 8.96. The number of unbranched alkanes of at least 4 members (excludes halogenated alkanes) is 12. The molecule has 0 aliphatic heterocycles. The van der Waals surface area contributed by atoms with Crippen LogP contribution in [0.25, 0.3) is 0 Å². The first-order chi connectivity index (χ1) is 12.6. The molecule has 2 heteroatoms. The molecule has 0 saturated carbocycles. The summed E-state index contributed by atoms with van der Waals surface area (Å²) in [6.45, 7) is 6.56. The minimum atomic E-state index is -0.645. The third-order valence-electron chi connectivity index (χ3n) is 5.47. The third kappa shape index (κ3) is 18.0. The topological polar surface area (TPSA) is 37.3 Å². The first-order valence-corrected chi connectivity index (χ1v) is 11.4. The molecule has 0 fully saturated rings. The zero-order valence-electron chi connectivity index (χ0n) is 18.0. The molecule has 0 aromatic rings. The quantitative estimate of drug-likeness (QED) is 0.185. The molecule has 0 saturated heterocycles. The van der Waals surface area contributed by atoms with Crippen molar-refractivity contribution in [1.82, 2.24) is 0 Å². The van der Waals surface area contributed by atoms with Crippen molar-refractivity contribution in [3.63, 3.8) is 0 Å². The van der Waals surface area contributed by atoms with Gasteiger partial charge in [0, 0.05) is 6.42 Å². The van der Waals surface area contributed by atoms with Crippen molar-refractivity contribution in [2.45, 2.75) is 124 Å². The molecule has 0 bridgehead atoms. The predicted octanol–water partition coefficient (Wildman–Crippen LogP) is 8.16. The van der Waals surface area contributed by atoms with Gasteiger partial charge in [-0.25, -0.2) is 0 Å². The Kier molecular flexibility index (Phi) is 18.4. The molecule has 0 heterocycles. The van der Waals surface area contributed by atoms with Gasteiger partial charge in [-0.3, -0.25) is 4.79 Å². The minimum Gasteiger partial charge on any atom is -0.481 e. The van der Waals surface area contributed by atoms with Crippen LogP contribution in [0.15, 0.2) is 12.2 Å². The van der Waals surface area contributed by atoms with Crippen LogP contribution in [0.2, 0.25) is 0 Å². The molecule has 1 atom stereocenters. The SMILES string of the molecule is CCCCCCCCC=CCCCCCCCCC(CC(=O)O)C(C)C. The third-order valence-corrected chi connectivity index (χ3v) is 5.47. The number of aliphatic carboxylic acids is 1. The minimum absolute atomic E-state index is 0.336. The van der Waals surface area contributed by atoms with Crippen LogP contribution < -0.4 is 0 Å². The first kappa shape index (κ1) is 25.2. The van der Waals surface area contributed by atoms with Crippen LogP contribution in [0, 0.1) is 11.8 Å². The average molecular weight is 367 g/mol. The lowest BCUT2D eigenvalue weighted by Gasteiger charge is -2.18. The van der Waals surface area contributed by atoms with Crippen molar-refractivity contribution in [1.29, 1.82) is 0 Å². The molecule has 0 aromatic carbocycles. The number of carbonyl (C=O) groups is 1. The lowest BCUT2D eigenvalue weighted by molar-refractivity contribution is -0.138. The smallest absolute Gasteiger partial charge is 0.303 e. The van der Waals surface area contributed by atoms with Crippen molar-refractivity contribution >= 4 is 5.97 Å². The molecule has 26 heavy (non-hydrogen) atoms. The van der Waals surface area contributed by atoms with E-state index in [0.29, 0.717) is 18.3 Å². The highest BCUT2D eigenvalue weighted by molar-refractivity contribution is 5.67. The van der Waals surface area contributed by atoms with E-state index in [1.807, 2.05) is 0 Å². The van der Waals surface area contributed by atoms with E-state index >= 15 is 0 Å². The average Bonchev–Trinajstić information content (AvgIpc) is 2.59. The van der Waals surface area contributed by atoms with E-state index in [1.54, 1.807) is 0 Å². The van der Waals surface area contributed by atoms with Gasteiger partial charge in [0.05, 0.1) is 0 Å². The maximum atomic E-state index is 10.9. The van der Waals surface area contributed by atoms with Crippen molar-refractivity contribution < 1.29 is 9.90 Å². The second-order valence-electron chi connectivity index (χ2n) is 8.33. The van der Waals surface area contributed by atoms with Gasteiger partial charge in [-0.1, -0.05) is 97.1 Å². The normalized spacial score (nSPS) is 12.9. The summed E-state index contributed by atoms with van der Waals surface area (Å²) in [5.74, 6) is 0.187. The van der Waals surface area contributed by atoms with E-state index in [-0.39, 0.29) is 0 Å². The molecule has 0 radical (unpaired) electrons. The Hall–Kier alpha value is -0.790. The molecule has 0 spiro atoms. The Morgan fingerprint density at radius 1 is 0.769 bits per heavy atom. The summed E-state index contributed by atoms with van der Waals surface area (Å²) < 4.78 is 0. The van der Waals surface area contributed by atoms with E-state index < -0.39 is 5.97 Å². The number of allylic oxidation sites excluding steroid dienone is 2. The van der Waals surface area contributed by atoms with Crippen LogP contribution in [0.3, 0.4) is 0 Å². The summed E-state index contributed by atoms with van der Waals surface area (Å²) in [6, 6.07) is 0. The van der Waals surface area contributed by atoms with Crippen LogP contribution in [0.4, 0.5) is 0 Å². The fraction of sp³-hybridized carbons (Fsp3) is 0.875. The number of rotatable bonds is 19. The van der Waals surface area contributed by atoms with Gasteiger partial charge in [0.25, 0.3) is 0 Å². The number of carboxylic acid groups (broad SMARTS) is 1. The van der Waals surface area contributed by atoms with Gasteiger partial charge in [0.2, 0.25) is 0 Å². The van der Waals surface area contributed by atoms with Crippen molar-refractivity contribution in [2.24, 2.45) is 11.8 Å². The van der Waals surface area contributed by atoms with Crippen LogP contribution in [-0.2, 0) is 4.79 Å². The lowest BCUT2D eigenvalue weighted by atomic mass is 9.87. The van der Waals surface area contributed by atoms with E-state index in [4.69, 9.17) is 5.11 Å². The van der Waals surface area contributed by atoms with Gasteiger partial charge >= 0.3 is 5.97 Å². The second kappa shape index (κ2) is 19.0. The van der Waals surface area contributed by atoms with Crippen LogP contribution >= 0.6 is 0 Å².